The molecule has 0 fully saturated rings. The third kappa shape index (κ3) is 2.95. The van der Waals surface area contributed by atoms with Gasteiger partial charge in [-0.15, -0.1) is 0 Å². The topological polar surface area (TPSA) is 92.4 Å². The molecule has 4 N–H and O–H groups in total. The number of amides is 1. The van der Waals surface area contributed by atoms with Crippen molar-refractivity contribution < 1.29 is 14.7 Å². The van der Waals surface area contributed by atoms with E-state index in [0.29, 0.717) is 19.3 Å². The number of carboxylic acid groups (broad SMARTS) is 1. The Morgan fingerprint density at radius 1 is 1.19 bits per heavy atom. The third-order valence-corrected chi connectivity index (χ3v) is 3.28. The molecule has 0 bridgehead atoms. The van der Waals surface area contributed by atoms with Crippen LogP contribution in [0.15, 0.2) is 0 Å². The molecular weight excluding hydrogens is 208 g/mol. The molecule has 1 amide bonds. The summed E-state index contributed by atoms with van der Waals surface area (Å²) < 4.78 is 0. The molecule has 1 unspecified atom stereocenters. The fraction of sp³-hybridized carbons (Fsp3) is 0.818. The number of hydrogen-bond donors (Lipinski definition) is 3. The quantitative estimate of drug-likeness (QED) is 0.631. The van der Waals surface area contributed by atoms with Gasteiger partial charge in [0.05, 0.1) is 5.54 Å². The van der Waals surface area contributed by atoms with Gasteiger partial charge in [-0.05, 0) is 26.2 Å². The molecule has 5 nitrogen and oxygen atoms in total. The van der Waals surface area contributed by atoms with Crippen LogP contribution < -0.4 is 11.1 Å². The molecule has 16 heavy (non-hydrogen) atoms. The summed E-state index contributed by atoms with van der Waals surface area (Å²) >= 11 is 0. The van der Waals surface area contributed by atoms with Crippen molar-refractivity contribution in [3.63, 3.8) is 0 Å². The van der Waals surface area contributed by atoms with E-state index in [1.165, 1.54) is 6.92 Å². The molecule has 0 aliphatic heterocycles. The molecule has 94 valence electrons. The van der Waals surface area contributed by atoms with Gasteiger partial charge in [-0.25, -0.2) is 4.79 Å². The van der Waals surface area contributed by atoms with Crippen molar-refractivity contribution >= 4 is 11.9 Å². The van der Waals surface area contributed by atoms with Crippen LogP contribution in [0.1, 0.15) is 47.0 Å². The Bertz CT molecular complexity index is 274. The molecule has 0 aromatic carbocycles. The standard InChI is InChI=1S/C11H22N2O3/c1-5-10(4,9(15)16)13-8(14)11(12,6-2)7-3/h5-7,12H2,1-4H3,(H,13,14)(H,15,16). The van der Waals surface area contributed by atoms with Gasteiger partial charge in [-0.1, -0.05) is 20.8 Å². The second kappa shape index (κ2) is 5.30. The number of rotatable bonds is 6. The maximum atomic E-state index is 11.9. The van der Waals surface area contributed by atoms with Gasteiger partial charge in [0.2, 0.25) is 5.91 Å². The molecule has 0 heterocycles. The van der Waals surface area contributed by atoms with Crippen molar-refractivity contribution in [2.75, 3.05) is 0 Å². The van der Waals surface area contributed by atoms with E-state index in [1.807, 2.05) is 13.8 Å². The highest BCUT2D eigenvalue weighted by Crippen LogP contribution is 2.16. The van der Waals surface area contributed by atoms with E-state index >= 15 is 0 Å². The number of nitrogens with two attached hydrogens (primary N) is 1. The average molecular weight is 230 g/mol. The largest absolute Gasteiger partial charge is 0.480 e. The van der Waals surface area contributed by atoms with Gasteiger partial charge in [0, 0.05) is 0 Å². The van der Waals surface area contributed by atoms with Crippen LogP contribution in [0.5, 0.6) is 0 Å². The summed E-state index contributed by atoms with van der Waals surface area (Å²) in [6.45, 7) is 6.82. The Balaban J connectivity index is 4.85. The molecule has 0 rings (SSSR count). The predicted molar refractivity (Wildman–Crippen MR) is 62.0 cm³/mol. The first-order valence-electron chi connectivity index (χ1n) is 5.60. The van der Waals surface area contributed by atoms with Gasteiger partial charge in [0.25, 0.3) is 0 Å². The lowest BCUT2D eigenvalue weighted by Gasteiger charge is -2.31. The first-order valence-corrected chi connectivity index (χ1v) is 5.60. The maximum Gasteiger partial charge on any atom is 0.329 e. The second-order valence-corrected chi connectivity index (χ2v) is 4.31. The highest BCUT2D eigenvalue weighted by Gasteiger charge is 2.38. The van der Waals surface area contributed by atoms with Gasteiger partial charge in [0.15, 0.2) is 0 Å². The molecule has 0 spiro atoms. The Morgan fingerprint density at radius 2 is 1.62 bits per heavy atom. The molecule has 1 atom stereocenters. The summed E-state index contributed by atoms with van der Waals surface area (Å²) in [5, 5.41) is 11.6. The van der Waals surface area contributed by atoms with E-state index < -0.39 is 23.0 Å². The Hall–Kier alpha value is -1.10. The van der Waals surface area contributed by atoms with Gasteiger partial charge in [0.1, 0.15) is 5.54 Å². The number of aliphatic carboxylic acids is 1. The van der Waals surface area contributed by atoms with Crippen molar-refractivity contribution in [1.29, 1.82) is 0 Å². The van der Waals surface area contributed by atoms with Crippen LogP contribution in [0.4, 0.5) is 0 Å². The Kier molecular flexibility index (Phi) is 4.93. The summed E-state index contributed by atoms with van der Waals surface area (Å²) in [6.07, 6.45) is 1.28. The molecule has 0 aliphatic carbocycles. The monoisotopic (exact) mass is 230 g/mol. The molecule has 0 aromatic rings. The first-order chi connectivity index (χ1) is 7.25. The zero-order chi connectivity index (χ0) is 13.0. The fourth-order valence-electron chi connectivity index (χ4n) is 1.24. The molecule has 0 saturated carbocycles. The van der Waals surface area contributed by atoms with Crippen LogP contribution in [0.25, 0.3) is 0 Å². The number of carbonyl (C=O) groups is 2. The van der Waals surface area contributed by atoms with Gasteiger partial charge >= 0.3 is 5.97 Å². The molecule has 0 radical (unpaired) electrons. The van der Waals surface area contributed by atoms with Crippen molar-refractivity contribution in [3.8, 4) is 0 Å². The van der Waals surface area contributed by atoms with Crippen LogP contribution in [-0.2, 0) is 9.59 Å². The highest BCUT2D eigenvalue weighted by molar-refractivity contribution is 5.91. The van der Waals surface area contributed by atoms with E-state index in [0.717, 1.165) is 0 Å². The van der Waals surface area contributed by atoms with Crippen molar-refractivity contribution in [2.45, 2.75) is 58.0 Å². The molecular formula is C11H22N2O3. The van der Waals surface area contributed by atoms with Gasteiger partial charge < -0.3 is 16.2 Å². The number of carboxylic acids is 1. The van der Waals surface area contributed by atoms with Crippen LogP contribution in [-0.4, -0.2) is 28.1 Å². The lowest BCUT2D eigenvalue weighted by Crippen LogP contribution is -2.61. The average Bonchev–Trinajstić information content (AvgIpc) is 2.27. The highest BCUT2D eigenvalue weighted by atomic mass is 16.4. The van der Waals surface area contributed by atoms with Gasteiger partial charge in [-0.3, -0.25) is 4.79 Å². The molecule has 0 saturated heterocycles. The fourth-order valence-corrected chi connectivity index (χ4v) is 1.24. The van der Waals surface area contributed by atoms with Crippen LogP contribution >= 0.6 is 0 Å². The molecule has 0 aliphatic rings. The molecule has 0 aromatic heterocycles. The summed E-state index contributed by atoms with van der Waals surface area (Å²) in [5.41, 5.74) is 3.67. The maximum absolute atomic E-state index is 11.9. The predicted octanol–water partition coefficient (Wildman–Crippen LogP) is 0.873. The summed E-state index contributed by atoms with van der Waals surface area (Å²) in [6, 6.07) is 0. The lowest BCUT2D eigenvalue weighted by molar-refractivity contribution is -0.148. The van der Waals surface area contributed by atoms with E-state index in [2.05, 4.69) is 5.32 Å². The normalized spacial score (nSPS) is 15.3. The summed E-state index contributed by atoms with van der Waals surface area (Å²) in [5.74, 6) is -1.44. The van der Waals surface area contributed by atoms with Crippen molar-refractivity contribution in [2.24, 2.45) is 5.73 Å². The van der Waals surface area contributed by atoms with Crippen LogP contribution in [0, 0.1) is 0 Å². The SMILES string of the molecule is CCC(N)(CC)C(=O)NC(C)(CC)C(=O)O. The van der Waals surface area contributed by atoms with Crippen molar-refractivity contribution in [3.05, 3.63) is 0 Å². The third-order valence-electron chi connectivity index (χ3n) is 3.28. The number of hydrogen-bond acceptors (Lipinski definition) is 3. The minimum atomic E-state index is -1.24. The van der Waals surface area contributed by atoms with Crippen molar-refractivity contribution in [1.82, 2.24) is 5.32 Å². The lowest BCUT2D eigenvalue weighted by atomic mass is 9.90. The van der Waals surface area contributed by atoms with Crippen LogP contribution in [0.3, 0.4) is 0 Å². The summed E-state index contributed by atoms with van der Waals surface area (Å²) in [4.78, 5) is 22.9. The Morgan fingerprint density at radius 3 is 1.88 bits per heavy atom. The molecule has 5 heteroatoms. The zero-order valence-corrected chi connectivity index (χ0v) is 10.5. The zero-order valence-electron chi connectivity index (χ0n) is 10.5. The minimum absolute atomic E-state index is 0.317. The first kappa shape index (κ1) is 14.9. The number of carbonyl (C=O) groups excluding carboxylic acids is 1. The Labute approximate surface area is 96.4 Å². The van der Waals surface area contributed by atoms with E-state index in [9.17, 15) is 9.59 Å². The van der Waals surface area contributed by atoms with E-state index in [4.69, 9.17) is 10.8 Å². The number of nitrogens with one attached hydrogen (secondary N) is 1. The van der Waals surface area contributed by atoms with Crippen LogP contribution in [0.2, 0.25) is 0 Å². The van der Waals surface area contributed by atoms with Gasteiger partial charge in [-0.2, -0.15) is 0 Å². The van der Waals surface area contributed by atoms with E-state index in [-0.39, 0.29) is 0 Å². The minimum Gasteiger partial charge on any atom is -0.480 e. The smallest absolute Gasteiger partial charge is 0.329 e. The second-order valence-electron chi connectivity index (χ2n) is 4.31. The summed E-state index contributed by atoms with van der Waals surface area (Å²) in [7, 11) is 0. The van der Waals surface area contributed by atoms with E-state index in [1.54, 1.807) is 6.92 Å².